The Morgan fingerprint density at radius 1 is 1.09 bits per heavy atom. The fourth-order valence-electron chi connectivity index (χ4n) is 1.63. The highest BCUT2D eigenvalue weighted by Crippen LogP contribution is 2.21. The van der Waals surface area contributed by atoms with Crippen LogP contribution in [0, 0.1) is 0 Å². The van der Waals surface area contributed by atoms with Crippen LogP contribution in [-0.4, -0.2) is 38.6 Å². The maximum Gasteiger partial charge on any atom is 0.111 e. The van der Waals surface area contributed by atoms with Crippen LogP contribution in [0.3, 0.4) is 0 Å². The van der Waals surface area contributed by atoms with E-state index in [9.17, 15) is 0 Å². The minimum Gasteiger partial charge on any atom is -0.366 e. The third-order valence-electron chi connectivity index (χ3n) is 2.35. The SMILES string of the molecule is CO[C@H]1CCC[C@@H](OC)N1C. The van der Waals surface area contributed by atoms with E-state index in [1.54, 1.807) is 14.2 Å². The first kappa shape index (κ1) is 8.97. The summed E-state index contributed by atoms with van der Waals surface area (Å²) in [4.78, 5) is 2.14. The minimum absolute atomic E-state index is 0.244. The molecule has 0 saturated carbocycles. The molecule has 11 heavy (non-hydrogen) atoms. The second-order valence-corrected chi connectivity index (χ2v) is 2.98. The Balaban J connectivity index is 2.45. The minimum atomic E-state index is 0.244. The van der Waals surface area contributed by atoms with Gasteiger partial charge in [-0.2, -0.15) is 0 Å². The van der Waals surface area contributed by atoms with Gasteiger partial charge in [0, 0.05) is 14.2 Å². The van der Waals surface area contributed by atoms with Gasteiger partial charge in [-0.25, -0.2) is 0 Å². The maximum absolute atomic E-state index is 5.28. The topological polar surface area (TPSA) is 21.7 Å². The molecule has 66 valence electrons. The van der Waals surface area contributed by atoms with Crippen molar-refractivity contribution in [2.45, 2.75) is 31.7 Å². The molecule has 1 aliphatic heterocycles. The Kier molecular flexibility index (Phi) is 3.30. The molecule has 0 aromatic carbocycles. The molecule has 0 aliphatic carbocycles. The summed E-state index contributed by atoms with van der Waals surface area (Å²) in [6.45, 7) is 0. The number of piperidine rings is 1. The summed E-state index contributed by atoms with van der Waals surface area (Å²) in [5.41, 5.74) is 0. The van der Waals surface area contributed by atoms with Gasteiger partial charge in [0.2, 0.25) is 0 Å². The van der Waals surface area contributed by atoms with Crippen molar-refractivity contribution in [1.82, 2.24) is 4.90 Å². The molecule has 0 aromatic heterocycles. The second kappa shape index (κ2) is 4.04. The first-order valence-corrected chi connectivity index (χ1v) is 4.07. The molecule has 3 heteroatoms. The molecule has 0 bridgehead atoms. The van der Waals surface area contributed by atoms with Crippen LogP contribution < -0.4 is 0 Å². The van der Waals surface area contributed by atoms with Crippen LogP contribution in [0.25, 0.3) is 0 Å². The predicted molar refractivity (Wildman–Crippen MR) is 43.2 cm³/mol. The van der Waals surface area contributed by atoms with Gasteiger partial charge >= 0.3 is 0 Å². The largest absolute Gasteiger partial charge is 0.366 e. The van der Waals surface area contributed by atoms with Crippen LogP contribution in [0.1, 0.15) is 19.3 Å². The Morgan fingerprint density at radius 3 is 1.91 bits per heavy atom. The van der Waals surface area contributed by atoms with Gasteiger partial charge < -0.3 is 9.47 Å². The van der Waals surface area contributed by atoms with Crippen molar-refractivity contribution < 1.29 is 9.47 Å². The first-order chi connectivity index (χ1) is 5.29. The lowest BCUT2D eigenvalue weighted by Crippen LogP contribution is -2.45. The molecule has 1 saturated heterocycles. The Hall–Kier alpha value is -0.120. The van der Waals surface area contributed by atoms with E-state index in [0.29, 0.717) is 0 Å². The lowest BCUT2D eigenvalue weighted by Gasteiger charge is -2.37. The van der Waals surface area contributed by atoms with Crippen LogP contribution >= 0.6 is 0 Å². The van der Waals surface area contributed by atoms with Gasteiger partial charge in [0.15, 0.2) is 0 Å². The van der Waals surface area contributed by atoms with Gasteiger partial charge in [0.05, 0.1) is 0 Å². The number of hydrogen-bond donors (Lipinski definition) is 0. The lowest BCUT2D eigenvalue weighted by atomic mass is 10.1. The Labute approximate surface area is 68.3 Å². The van der Waals surface area contributed by atoms with Crippen LogP contribution in [-0.2, 0) is 9.47 Å². The van der Waals surface area contributed by atoms with E-state index in [1.165, 1.54) is 6.42 Å². The number of rotatable bonds is 2. The Bertz CT molecular complexity index is 107. The molecule has 1 fully saturated rings. The summed E-state index contributed by atoms with van der Waals surface area (Å²) in [6.07, 6.45) is 3.92. The molecule has 3 nitrogen and oxygen atoms in total. The highest BCUT2D eigenvalue weighted by atomic mass is 16.5. The fourth-order valence-corrected chi connectivity index (χ4v) is 1.63. The third-order valence-corrected chi connectivity index (χ3v) is 2.35. The van der Waals surface area contributed by atoms with Crippen molar-refractivity contribution in [3.05, 3.63) is 0 Å². The molecular weight excluding hydrogens is 142 g/mol. The molecule has 2 atom stereocenters. The third kappa shape index (κ3) is 1.92. The average Bonchev–Trinajstić information content (AvgIpc) is 2.05. The molecular formula is C8H17NO2. The average molecular weight is 159 g/mol. The summed E-state index contributed by atoms with van der Waals surface area (Å²) >= 11 is 0. The normalized spacial score (nSPS) is 34.1. The van der Waals surface area contributed by atoms with Crippen molar-refractivity contribution in [3.8, 4) is 0 Å². The summed E-state index contributed by atoms with van der Waals surface area (Å²) < 4.78 is 10.6. The number of likely N-dealkylation sites (tertiary alicyclic amines) is 1. The van der Waals surface area contributed by atoms with E-state index in [0.717, 1.165) is 12.8 Å². The van der Waals surface area contributed by atoms with Gasteiger partial charge in [0.25, 0.3) is 0 Å². The lowest BCUT2D eigenvalue weighted by molar-refractivity contribution is -0.145. The van der Waals surface area contributed by atoms with Gasteiger partial charge in [-0.05, 0) is 26.3 Å². The van der Waals surface area contributed by atoms with Crippen molar-refractivity contribution in [3.63, 3.8) is 0 Å². The fraction of sp³-hybridized carbons (Fsp3) is 1.00. The number of ether oxygens (including phenoxy) is 2. The molecule has 0 aromatic rings. The number of methoxy groups -OCH3 is 2. The summed E-state index contributed by atoms with van der Waals surface area (Å²) in [5.74, 6) is 0. The zero-order chi connectivity index (χ0) is 8.27. The van der Waals surface area contributed by atoms with Gasteiger partial charge in [0.1, 0.15) is 12.5 Å². The van der Waals surface area contributed by atoms with Crippen molar-refractivity contribution in [2.24, 2.45) is 0 Å². The molecule has 0 amide bonds. The second-order valence-electron chi connectivity index (χ2n) is 2.98. The van der Waals surface area contributed by atoms with E-state index in [-0.39, 0.29) is 12.5 Å². The molecule has 1 aliphatic rings. The summed E-state index contributed by atoms with van der Waals surface area (Å²) in [6, 6.07) is 0. The summed E-state index contributed by atoms with van der Waals surface area (Å²) in [5, 5.41) is 0. The monoisotopic (exact) mass is 159 g/mol. The van der Waals surface area contributed by atoms with Crippen LogP contribution in [0.5, 0.6) is 0 Å². The van der Waals surface area contributed by atoms with Gasteiger partial charge in [-0.15, -0.1) is 0 Å². The maximum atomic E-state index is 5.28. The van der Waals surface area contributed by atoms with Crippen molar-refractivity contribution >= 4 is 0 Å². The predicted octanol–water partition coefficient (Wildman–Crippen LogP) is 1.05. The molecule has 0 N–H and O–H groups in total. The first-order valence-electron chi connectivity index (χ1n) is 4.07. The van der Waals surface area contributed by atoms with E-state index < -0.39 is 0 Å². The quantitative estimate of drug-likeness (QED) is 0.601. The zero-order valence-electron chi connectivity index (χ0n) is 7.54. The van der Waals surface area contributed by atoms with E-state index in [1.807, 2.05) is 7.05 Å². The standard InChI is InChI=1S/C8H17NO2/c1-9-7(10-2)5-4-6-8(9)11-3/h7-8H,4-6H2,1-3H3/t7-,8+. The van der Waals surface area contributed by atoms with E-state index in [2.05, 4.69) is 4.90 Å². The van der Waals surface area contributed by atoms with Crippen molar-refractivity contribution in [2.75, 3.05) is 21.3 Å². The van der Waals surface area contributed by atoms with Crippen LogP contribution in [0.4, 0.5) is 0 Å². The summed E-state index contributed by atoms with van der Waals surface area (Å²) in [7, 11) is 5.54. The number of hydrogen-bond acceptors (Lipinski definition) is 3. The highest BCUT2D eigenvalue weighted by Gasteiger charge is 2.26. The van der Waals surface area contributed by atoms with Crippen LogP contribution in [0.15, 0.2) is 0 Å². The molecule has 1 heterocycles. The zero-order valence-corrected chi connectivity index (χ0v) is 7.54. The highest BCUT2D eigenvalue weighted by molar-refractivity contribution is 4.70. The molecule has 0 spiro atoms. The van der Waals surface area contributed by atoms with E-state index >= 15 is 0 Å². The van der Waals surface area contributed by atoms with E-state index in [4.69, 9.17) is 9.47 Å². The Morgan fingerprint density at radius 2 is 1.55 bits per heavy atom. The smallest absolute Gasteiger partial charge is 0.111 e. The molecule has 1 rings (SSSR count). The van der Waals surface area contributed by atoms with Gasteiger partial charge in [-0.1, -0.05) is 0 Å². The van der Waals surface area contributed by atoms with Gasteiger partial charge in [-0.3, -0.25) is 4.90 Å². The number of nitrogens with zero attached hydrogens (tertiary/aromatic N) is 1. The van der Waals surface area contributed by atoms with Crippen molar-refractivity contribution in [1.29, 1.82) is 0 Å². The van der Waals surface area contributed by atoms with Crippen LogP contribution in [0.2, 0.25) is 0 Å². The molecule has 0 unspecified atom stereocenters. The molecule has 0 radical (unpaired) electrons.